The Balaban J connectivity index is 2.14. The van der Waals surface area contributed by atoms with Gasteiger partial charge in [0, 0.05) is 12.6 Å². The van der Waals surface area contributed by atoms with Crippen molar-refractivity contribution in [1.29, 1.82) is 0 Å². The van der Waals surface area contributed by atoms with E-state index in [2.05, 4.69) is 0 Å². The van der Waals surface area contributed by atoms with Crippen molar-refractivity contribution >= 4 is 0 Å². The van der Waals surface area contributed by atoms with E-state index in [4.69, 9.17) is 9.84 Å². The van der Waals surface area contributed by atoms with Crippen LogP contribution in [0.1, 0.15) is 25.7 Å². The predicted molar refractivity (Wildman–Crippen MR) is 55.6 cm³/mol. The Hall–Kier alpha value is -0.330. The minimum Gasteiger partial charge on any atom is -0.395 e. The van der Waals surface area contributed by atoms with Gasteiger partial charge in [0.15, 0.2) is 0 Å². The third-order valence-corrected chi connectivity index (χ3v) is 3.64. The summed E-state index contributed by atoms with van der Waals surface area (Å²) in [4.78, 5) is 1.38. The van der Waals surface area contributed by atoms with Crippen LogP contribution < -0.4 is 0 Å². The molecule has 0 aromatic rings. The van der Waals surface area contributed by atoms with Crippen LogP contribution in [0, 0.1) is 0 Å². The molecule has 0 aliphatic carbocycles. The maximum atomic E-state index is 13.1. The van der Waals surface area contributed by atoms with Crippen molar-refractivity contribution in [3.8, 4) is 0 Å². The van der Waals surface area contributed by atoms with Crippen molar-refractivity contribution in [3.63, 3.8) is 0 Å². The quantitative estimate of drug-likeness (QED) is 0.828. The van der Waals surface area contributed by atoms with Crippen LogP contribution >= 0.6 is 0 Å². The zero-order chi connectivity index (χ0) is 12.5. The lowest BCUT2D eigenvalue weighted by molar-refractivity contribution is -0.213. The smallest absolute Gasteiger partial charge is 0.395 e. The number of aliphatic hydroxyl groups is 1. The fourth-order valence-electron chi connectivity index (χ4n) is 2.88. The summed E-state index contributed by atoms with van der Waals surface area (Å²) in [6, 6.07) is -1.92. The zero-order valence-corrected chi connectivity index (χ0v) is 9.62. The van der Waals surface area contributed by atoms with Crippen molar-refractivity contribution < 1.29 is 23.0 Å². The minimum atomic E-state index is -4.28. The lowest BCUT2D eigenvalue weighted by atomic mass is 10.0. The summed E-state index contributed by atoms with van der Waals surface area (Å²) >= 11 is 0. The van der Waals surface area contributed by atoms with Crippen LogP contribution in [-0.4, -0.2) is 54.1 Å². The second-order valence-electron chi connectivity index (χ2n) is 4.75. The molecule has 100 valence electrons. The summed E-state index contributed by atoms with van der Waals surface area (Å²) in [6.45, 7) is 0.601. The summed E-state index contributed by atoms with van der Waals surface area (Å²) in [6.07, 6.45) is -2.55. The Labute approximate surface area is 98.5 Å². The van der Waals surface area contributed by atoms with Gasteiger partial charge in [-0.25, -0.2) is 0 Å². The largest absolute Gasteiger partial charge is 0.406 e. The van der Waals surface area contributed by atoms with Gasteiger partial charge in [0.05, 0.1) is 12.7 Å². The fourth-order valence-corrected chi connectivity index (χ4v) is 2.88. The Morgan fingerprint density at radius 1 is 1.29 bits per heavy atom. The van der Waals surface area contributed by atoms with Gasteiger partial charge in [-0.3, -0.25) is 4.90 Å². The molecular weight excluding hydrogens is 235 g/mol. The number of ether oxygens (including phenoxy) is 1. The average Bonchev–Trinajstić information content (AvgIpc) is 2.87. The molecule has 0 bridgehead atoms. The summed E-state index contributed by atoms with van der Waals surface area (Å²) < 4.78 is 44.6. The highest BCUT2D eigenvalue weighted by molar-refractivity contribution is 4.94. The van der Waals surface area contributed by atoms with Crippen molar-refractivity contribution in [2.45, 2.75) is 50.0 Å². The highest BCUT2D eigenvalue weighted by Crippen LogP contribution is 2.36. The summed E-state index contributed by atoms with van der Waals surface area (Å²) in [5.41, 5.74) is 0. The molecule has 17 heavy (non-hydrogen) atoms. The van der Waals surface area contributed by atoms with Gasteiger partial charge in [-0.15, -0.1) is 0 Å². The SMILES string of the molecule is OCC1CCCN1C(C1CCCO1)C(F)(F)F. The Morgan fingerprint density at radius 3 is 2.59 bits per heavy atom. The van der Waals surface area contributed by atoms with E-state index in [0.717, 1.165) is 0 Å². The van der Waals surface area contributed by atoms with E-state index < -0.39 is 18.3 Å². The zero-order valence-electron chi connectivity index (χ0n) is 9.62. The second kappa shape index (κ2) is 5.12. The monoisotopic (exact) mass is 253 g/mol. The van der Waals surface area contributed by atoms with Crippen LogP contribution in [-0.2, 0) is 4.74 Å². The molecule has 3 atom stereocenters. The Kier molecular flexibility index (Phi) is 3.95. The Bertz CT molecular complexity index is 254. The number of alkyl halides is 3. The van der Waals surface area contributed by atoms with Gasteiger partial charge in [-0.2, -0.15) is 13.2 Å². The first-order valence-electron chi connectivity index (χ1n) is 6.09. The average molecular weight is 253 g/mol. The molecule has 0 aromatic carbocycles. The van der Waals surface area contributed by atoms with E-state index in [9.17, 15) is 13.2 Å². The van der Waals surface area contributed by atoms with Crippen molar-refractivity contribution in [2.75, 3.05) is 19.8 Å². The molecule has 3 nitrogen and oxygen atoms in total. The molecule has 6 heteroatoms. The topological polar surface area (TPSA) is 32.7 Å². The van der Waals surface area contributed by atoms with Crippen molar-refractivity contribution in [1.82, 2.24) is 4.90 Å². The first-order chi connectivity index (χ1) is 8.04. The highest BCUT2D eigenvalue weighted by atomic mass is 19.4. The molecule has 2 saturated heterocycles. The first kappa shape index (κ1) is 13.1. The molecule has 2 heterocycles. The van der Waals surface area contributed by atoms with Crippen LogP contribution in [0.2, 0.25) is 0 Å². The number of nitrogens with zero attached hydrogens (tertiary/aromatic N) is 1. The summed E-state index contributed by atoms with van der Waals surface area (Å²) in [5, 5.41) is 9.14. The molecule has 2 rings (SSSR count). The molecule has 0 aromatic heterocycles. The first-order valence-corrected chi connectivity index (χ1v) is 6.09. The lowest BCUT2D eigenvalue weighted by Crippen LogP contribution is -2.55. The van der Waals surface area contributed by atoms with Gasteiger partial charge in [-0.1, -0.05) is 0 Å². The van der Waals surface area contributed by atoms with E-state index in [0.29, 0.717) is 38.8 Å². The van der Waals surface area contributed by atoms with E-state index in [1.54, 1.807) is 0 Å². The summed E-state index contributed by atoms with van der Waals surface area (Å²) in [7, 11) is 0. The highest BCUT2D eigenvalue weighted by Gasteiger charge is 2.52. The molecule has 0 amide bonds. The number of halogens is 3. The number of hydrogen-bond donors (Lipinski definition) is 1. The van der Waals surface area contributed by atoms with E-state index >= 15 is 0 Å². The van der Waals surface area contributed by atoms with Crippen LogP contribution in [0.15, 0.2) is 0 Å². The number of hydrogen-bond acceptors (Lipinski definition) is 3. The van der Waals surface area contributed by atoms with Gasteiger partial charge >= 0.3 is 6.18 Å². The van der Waals surface area contributed by atoms with Crippen LogP contribution in [0.3, 0.4) is 0 Å². The Morgan fingerprint density at radius 2 is 2.06 bits per heavy atom. The van der Waals surface area contributed by atoms with Crippen LogP contribution in [0.25, 0.3) is 0 Å². The molecule has 3 unspecified atom stereocenters. The third kappa shape index (κ3) is 2.74. The van der Waals surface area contributed by atoms with E-state index in [-0.39, 0.29) is 12.6 Å². The number of likely N-dealkylation sites (tertiary alicyclic amines) is 1. The standard InChI is InChI=1S/C11H18F3NO2/c12-11(13,14)10(9-4-2-6-17-9)15-5-1-3-8(15)7-16/h8-10,16H,1-7H2. The van der Waals surface area contributed by atoms with E-state index in [1.807, 2.05) is 0 Å². The lowest BCUT2D eigenvalue weighted by Gasteiger charge is -2.36. The molecule has 1 N–H and O–H groups in total. The van der Waals surface area contributed by atoms with Crippen molar-refractivity contribution in [3.05, 3.63) is 0 Å². The molecule has 2 aliphatic rings. The third-order valence-electron chi connectivity index (χ3n) is 3.64. The molecular formula is C11H18F3NO2. The molecule has 2 aliphatic heterocycles. The molecule has 2 fully saturated rings. The second-order valence-corrected chi connectivity index (χ2v) is 4.75. The van der Waals surface area contributed by atoms with E-state index in [1.165, 1.54) is 4.90 Å². The number of rotatable bonds is 3. The van der Waals surface area contributed by atoms with Gasteiger partial charge in [0.1, 0.15) is 6.04 Å². The molecule has 0 spiro atoms. The predicted octanol–water partition coefficient (Wildman–Crippen LogP) is 1.55. The minimum absolute atomic E-state index is 0.209. The normalized spacial score (nSPS) is 33.2. The number of aliphatic hydroxyl groups excluding tert-OH is 1. The molecule has 0 radical (unpaired) electrons. The van der Waals surface area contributed by atoms with Gasteiger partial charge < -0.3 is 9.84 Å². The summed E-state index contributed by atoms with van der Waals surface area (Å²) in [5.74, 6) is 0. The van der Waals surface area contributed by atoms with Gasteiger partial charge in [-0.05, 0) is 32.2 Å². The molecule has 0 saturated carbocycles. The maximum absolute atomic E-state index is 13.1. The van der Waals surface area contributed by atoms with Crippen molar-refractivity contribution in [2.24, 2.45) is 0 Å². The van der Waals surface area contributed by atoms with Crippen LogP contribution in [0.5, 0.6) is 0 Å². The van der Waals surface area contributed by atoms with Crippen LogP contribution in [0.4, 0.5) is 13.2 Å². The fraction of sp³-hybridized carbons (Fsp3) is 1.00. The maximum Gasteiger partial charge on any atom is 0.406 e. The van der Waals surface area contributed by atoms with Gasteiger partial charge in [0.2, 0.25) is 0 Å². The van der Waals surface area contributed by atoms with Gasteiger partial charge in [0.25, 0.3) is 0 Å².